The normalized spacial score (nSPS) is 22.4. The first-order valence-corrected chi connectivity index (χ1v) is 7.00. The van der Waals surface area contributed by atoms with Crippen molar-refractivity contribution >= 4 is 11.4 Å². The Morgan fingerprint density at radius 1 is 1.08 bits per heavy atom. The standard InChI is InChI=1S/C15H13F3N4O2/c16-15(17,18)13-11(12(23)9-3-1-5-19-7-9)14(24)22(21-13)10-4-2-6-20-8-10/h1-8,11-12,14,23-24H. The molecule has 0 amide bonds. The van der Waals surface area contributed by atoms with Crippen molar-refractivity contribution in [2.75, 3.05) is 5.01 Å². The largest absolute Gasteiger partial charge is 0.431 e. The third-order valence-electron chi connectivity index (χ3n) is 3.67. The van der Waals surface area contributed by atoms with Gasteiger partial charge in [-0.25, -0.2) is 5.01 Å². The zero-order valence-electron chi connectivity index (χ0n) is 12.2. The van der Waals surface area contributed by atoms with E-state index in [1.807, 2.05) is 0 Å². The lowest BCUT2D eigenvalue weighted by molar-refractivity contribution is -0.0693. The molecule has 3 unspecified atom stereocenters. The van der Waals surface area contributed by atoms with Crippen LogP contribution in [0.4, 0.5) is 18.9 Å². The van der Waals surface area contributed by atoms with Crippen molar-refractivity contribution in [2.45, 2.75) is 18.5 Å². The summed E-state index contributed by atoms with van der Waals surface area (Å²) in [5.41, 5.74) is -0.908. The minimum absolute atomic E-state index is 0.159. The van der Waals surface area contributed by atoms with Gasteiger partial charge >= 0.3 is 6.18 Å². The summed E-state index contributed by atoms with van der Waals surface area (Å²) in [6, 6.07) is 5.90. The lowest BCUT2D eigenvalue weighted by atomic mass is 9.91. The van der Waals surface area contributed by atoms with Crippen molar-refractivity contribution in [3.63, 3.8) is 0 Å². The van der Waals surface area contributed by atoms with Crippen LogP contribution in [0.15, 0.2) is 54.2 Å². The molecule has 0 bridgehead atoms. The molecule has 0 saturated carbocycles. The first-order chi connectivity index (χ1) is 11.4. The van der Waals surface area contributed by atoms with Crippen LogP contribution in [0.25, 0.3) is 0 Å². The van der Waals surface area contributed by atoms with Crippen molar-refractivity contribution in [2.24, 2.45) is 11.0 Å². The van der Waals surface area contributed by atoms with Crippen LogP contribution in [0, 0.1) is 5.92 Å². The second kappa shape index (κ2) is 6.17. The number of rotatable bonds is 3. The number of aliphatic hydroxyl groups is 2. The van der Waals surface area contributed by atoms with Crippen LogP contribution in [0.5, 0.6) is 0 Å². The molecule has 0 aromatic carbocycles. The van der Waals surface area contributed by atoms with E-state index in [0.29, 0.717) is 0 Å². The van der Waals surface area contributed by atoms with E-state index in [0.717, 1.165) is 5.01 Å². The maximum Gasteiger partial charge on any atom is 0.431 e. The van der Waals surface area contributed by atoms with Crippen molar-refractivity contribution in [3.8, 4) is 0 Å². The zero-order valence-corrected chi connectivity index (χ0v) is 12.2. The summed E-state index contributed by atoms with van der Waals surface area (Å²) in [6.07, 6.45) is -2.70. The molecule has 3 heterocycles. The van der Waals surface area contributed by atoms with E-state index >= 15 is 0 Å². The molecule has 2 aromatic rings. The van der Waals surface area contributed by atoms with Crippen LogP contribution < -0.4 is 5.01 Å². The van der Waals surface area contributed by atoms with Gasteiger partial charge in [0.25, 0.3) is 0 Å². The van der Waals surface area contributed by atoms with Gasteiger partial charge in [0.2, 0.25) is 0 Å². The highest BCUT2D eigenvalue weighted by Gasteiger charge is 2.53. The number of hydrogen-bond donors (Lipinski definition) is 2. The number of aliphatic hydroxyl groups excluding tert-OH is 2. The van der Waals surface area contributed by atoms with Crippen molar-refractivity contribution in [3.05, 3.63) is 54.6 Å². The van der Waals surface area contributed by atoms with Gasteiger partial charge in [0, 0.05) is 18.6 Å². The van der Waals surface area contributed by atoms with Gasteiger partial charge in [0.15, 0.2) is 11.9 Å². The Morgan fingerprint density at radius 2 is 1.75 bits per heavy atom. The molecule has 24 heavy (non-hydrogen) atoms. The number of hydrogen-bond acceptors (Lipinski definition) is 6. The molecule has 2 N–H and O–H groups in total. The molecule has 9 heteroatoms. The maximum atomic E-state index is 13.3. The number of nitrogens with zero attached hydrogens (tertiary/aromatic N) is 4. The van der Waals surface area contributed by atoms with E-state index in [1.54, 1.807) is 0 Å². The summed E-state index contributed by atoms with van der Waals surface area (Å²) in [6.45, 7) is 0. The Bertz CT molecular complexity index is 725. The van der Waals surface area contributed by atoms with Gasteiger partial charge in [-0.3, -0.25) is 9.97 Å². The number of pyridine rings is 2. The highest BCUT2D eigenvalue weighted by Crippen LogP contribution is 2.39. The minimum Gasteiger partial charge on any atom is -0.387 e. The van der Waals surface area contributed by atoms with Gasteiger partial charge in [-0.15, -0.1) is 0 Å². The maximum absolute atomic E-state index is 13.3. The molecule has 126 valence electrons. The fourth-order valence-electron chi connectivity index (χ4n) is 2.55. The molecular weight excluding hydrogens is 325 g/mol. The summed E-state index contributed by atoms with van der Waals surface area (Å²) < 4.78 is 40.0. The first-order valence-electron chi connectivity index (χ1n) is 7.00. The molecule has 2 aromatic heterocycles. The van der Waals surface area contributed by atoms with E-state index in [4.69, 9.17) is 0 Å². The predicted octanol–water partition coefficient (Wildman–Crippen LogP) is 1.88. The Morgan fingerprint density at radius 3 is 2.29 bits per heavy atom. The minimum atomic E-state index is -4.80. The lowest BCUT2D eigenvalue weighted by Crippen LogP contribution is -2.40. The van der Waals surface area contributed by atoms with E-state index in [2.05, 4.69) is 15.1 Å². The zero-order chi connectivity index (χ0) is 17.3. The second-order valence-corrected chi connectivity index (χ2v) is 5.21. The summed E-state index contributed by atoms with van der Waals surface area (Å²) >= 11 is 0. The topological polar surface area (TPSA) is 81.8 Å². The Labute approximate surface area is 134 Å². The first kappa shape index (κ1) is 16.3. The van der Waals surface area contributed by atoms with Crippen molar-refractivity contribution < 1.29 is 23.4 Å². The van der Waals surface area contributed by atoms with Crippen LogP contribution >= 0.6 is 0 Å². The quantitative estimate of drug-likeness (QED) is 0.893. The van der Waals surface area contributed by atoms with Crippen LogP contribution in [-0.4, -0.2) is 38.3 Å². The fourth-order valence-corrected chi connectivity index (χ4v) is 2.55. The van der Waals surface area contributed by atoms with Gasteiger partial charge in [-0.1, -0.05) is 6.07 Å². The molecule has 0 radical (unpaired) electrons. The highest BCUT2D eigenvalue weighted by molar-refractivity contribution is 5.95. The summed E-state index contributed by atoms with van der Waals surface area (Å²) in [4.78, 5) is 7.58. The Hall–Kier alpha value is -2.52. The average Bonchev–Trinajstić information content (AvgIpc) is 2.93. The van der Waals surface area contributed by atoms with Crippen LogP contribution in [0.1, 0.15) is 11.7 Å². The summed E-state index contributed by atoms with van der Waals surface area (Å²) in [5.74, 6) is -1.67. The third-order valence-corrected chi connectivity index (χ3v) is 3.67. The third kappa shape index (κ3) is 2.95. The van der Waals surface area contributed by atoms with Gasteiger partial charge in [-0.05, 0) is 23.8 Å². The van der Waals surface area contributed by atoms with Gasteiger partial charge < -0.3 is 10.2 Å². The average molecular weight is 338 g/mol. The monoisotopic (exact) mass is 338 g/mol. The Balaban J connectivity index is 2.00. The van der Waals surface area contributed by atoms with Crippen molar-refractivity contribution in [1.82, 2.24) is 9.97 Å². The van der Waals surface area contributed by atoms with E-state index in [1.165, 1.54) is 49.1 Å². The fraction of sp³-hybridized carbons (Fsp3) is 0.267. The number of hydrazone groups is 1. The van der Waals surface area contributed by atoms with Gasteiger partial charge in [-0.2, -0.15) is 18.3 Å². The molecule has 0 saturated heterocycles. The molecule has 0 fully saturated rings. The predicted molar refractivity (Wildman–Crippen MR) is 78.9 cm³/mol. The molecule has 6 nitrogen and oxygen atoms in total. The molecular formula is C15H13F3N4O2. The van der Waals surface area contributed by atoms with Crippen LogP contribution in [-0.2, 0) is 0 Å². The van der Waals surface area contributed by atoms with E-state index < -0.39 is 30.1 Å². The number of halogens is 3. The van der Waals surface area contributed by atoms with E-state index in [9.17, 15) is 23.4 Å². The SMILES string of the molecule is OC(c1cccnc1)C1C(C(F)(F)F)=NN(c2cccnc2)C1O. The highest BCUT2D eigenvalue weighted by atomic mass is 19.4. The molecule has 3 rings (SSSR count). The molecule has 0 spiro atoms. The smallest absolute Gasteiger partial charge is 0.387 e. The lowest BCUT2D eigenvalue weighted by Gasteiger charge is -2.26. The van der Waals surface area contributed by atoms with Gasteiger partial charge in [0.1, 0.15) is 0 Å². The number of aromatic nitrogens is 2. The summed E-state index contributed by atoms with van der Waals surface area (Å²) in [7, 11) is 0. The van der Waals surface area contributed by atoms with E-state index in [-0.39, 0.29) is 11.3 Å². The van der Waals surface area contributed by atoms with Crippen LogP contribution in [0.2, 0.25) is 0 Å². The number of alkyl halides is 3. The molecule has 1 aliphatic rings. The Kier molecular flexibility index (Phi) is 4.20. The second-order valence-electron chi connectivity index (χ2n) is 5.21. The molecule has 0 aliphatic carbocycles. The van der Waals surface area contributed by atoms with Gasteiger partial charge in [0.05, 0.1) is 23.9 Å². The summed E-state index contributed by atoms with van der Waals surface area (Å²) in [5, 5.41) is 25.0. The van der Waals surface area contributed by atoms with Crippen LogP contribution in [0.3, 0.4) is 0 Å². The molecule has 3 atom stereocenters. The van der Waals surface area contributed by atoms with Crippen molar-refractivity contribution in [1.29, 1.82) is 0 Å². The molecule has 1 aliphatic heterocycles. The number of anilines is 1.